The molecule has 4 nitrogen and oxygen atoms in total. The standard InChI is InChI=1S/C16H20N4S/c1-10-8-20(9-11(2)21-10)15-7-13(16(17)18)12-5-3-4-6-14(12)19-15/h3-7,10-11H,8-9H2,1-2H3,(H3,17,18). The maximum atomic E-state index is 7.83. The minimum atomic E-state index is 0.0994. The number of hydrogen-bond donors (Lipinski definition) is 2. The summed E-state index contributed by atoms with van der Waals surface area (Å²) in [7, 11) is 0. The van der Waals surface area contributed by atoms with Crippen molar-refractivity contribution in [2.24, 2.45) is 5.73 Å². The topological polar surface area (TPSA) is 66.0 Å². The van der Waals surface area contributed by atoms with E-state index in [9.17, 15) is 0 Å². The SMILES string of the molecule is CC1CN(c2cc(C(=N)N)c3ccccc3n2)CC(C)S1. The largest absolute Gasteiger partial charge is 0.384 e. The van der Waals surface area contributed by atoms with E-state index in [2.05, 4.69) is 18.7 Å². The van der Waals surface area contributed by atoms with Crippen LogP contribution in [-0.2, 0) is 0 Å². The van der Waals surface area contributed by atoms with Crippen LogP contribution < -0.4 is 10.6 Å². The number of hydrogen-bond acceptors (Lipinski definition) is 4. The van der Waals surface area contributed by atoms with Gasteiger partial charge in [0.2, 0.25) is 0 Å². The molecule has 2 atom stereocenters. The molecule has 3 N–H and O–H groups in total. The third-order valence-electron chi connectivity index (χ3n) is 3.74. The Bertz CT molecular complexity index is 675. The van der Waals surface area contributed by atoms with Crippen LogP contribution in [0.2, 0.25) is 0 Å². The maximum absolute atomic E-state index is 7.83. The van der Waals surface area contributed by atoms with Gasteiger partial charge in [-0.05, 0) is 12.1 Å². The van der Waals surface area contributed by atoms with Crippen molar-refractivity contribution in [3.8, 4) is 0 Å². The number of nitrogens with two attached hydrogens (primary N) is 1. The highest BCUT2D eigenvalue weighted by molar-refractivity contribution is 8.00. The number of nitrogen functional groups attached to an aromatic ring is 1. The lowest BCUT2D eigenvalue weighted by atomic mass is 10.1. The molecule has 1 saturated heterocycles. The summed E-state index contributed by atoms with van der Waals surface area (Å²) in [6, 6.07) is 9.84. The molecule has 1 aromatic heterocycles. The average Bonchev–Trinajstić information content (AvgIpc) is 2.45. The highest BCUT2D eigenvalue weighted by atomic mass is 32.2. The van der Waals surface area contributed by atoms with Crippen LogP contribution in [0.15, 0.2) is 30.3 Å². The third-order valence-corrected chi connectivity index (χ3v) is 4.96. The first-order valence-electron chi connectivity index (χ1n) is 7.19. The van der Waals surface area contributed by atoms with Crippen molar-refractivity contribution in [2.75, 3.05) is 18.0 Å². The summed E-state index contributed by atoms with van der Waals surface area (Å²) in [5, 5.41) is 9.95. The first kappa shape index (κ1) is 14.2. The zero-order chi connectivity index (χ0) is 15.0. The second-order valence-corrected chi connectivity index (χ2v) is 7.50. The Hall–Kier alpha value is -1.75. The molecule has 2 heterocycles. The molecule has 0 radical (unpaired) electrons. The Labute approximate surface area is 129 Å². The molecule has 0 bridgehead atoms. The van der Waals surface area contributed by atoms with Crippen molar-refractivity contribution in [2.45, 2.75) is 24.3 Å². The number of fused-ring (bicyclic) bond motifs is 1. The number of amidine groups is 1. The number of rotatable bonds is 2. The molecule has 2 aromatic rings. The molecule has 110 valence electrons. The van der Waals surface area contributed by atoms with Gasteiger partial charge in [0.1, 0.15) is 11.7 Å². The van der Waals surface area contributed by atoms with Gasteiger partial charge in [-0.1, -0.05) is 32.0 Å². The van der Waals surface area contributed by atoms with Crippen LogP contribution in [-0.4, -0.2) is 34.4 Å². The second-order valence-electron chi connectivity index (χ2n) is 5.62. The minimum Gasteiger partial charge on any atom is -0.384 e. The minimum absolute atomic E-state index is 0.0994. The summed E-state index contributed by atoms with van der Waals surface area (Å²) in [5.74, 6) is 1.03. The lowest BCUT2D eigenvalue weighted by Gasteiger charge is -2.35. The molecule has 0 spiro atoms. The Morgan fingerprint density at radius 1 is 1.29 bits per heavy atom. The summed E-state index contributed by atoms with van der Waals surface area (Å²) in [6.07, 6.45) is 0. The number of benzene rings is 1. The molecule has 2 unspecified atom stereocenters. The van der Waals surface area contributed by atoms with Gasteiger partial charge in [-0.25, -0.2) is 4.98 Å². The number of pyridine rings is 1. The van der Waals surface area contributed by atoms with Crippen LogP contribution in [0.25, 0.3) is 10.9 Å². The first-order chi connectivity index (χ1) is 10.0. The fourth-order valence-corrected chi connectivity index (χ4v) is 4.24. The highest BCUT2D eigenvalue weighted by Gasteiger charge is 2.24. The molecular weight excluding hydrogens is 280 g/mol. The molecule has 1 aromatic carbocycles. The average molecular weight is 300 g/mol. The summed E-state index contributed by atoms with van der Waals surface area (Å²) in [6.45, 7) is 6.47. The maximum Gasteiger partial charge on any atom is 0.130 e. The van der Waals surface area contributed by atoms with Crippen molar-refractivity contribution < 1.29 is 0 Å². The van der Waals surface area contributed by atoms with Crippen LogP contribution in [0, 0.1) is 5.41 Å². The number of nitrogens with one attached hydrogen (secondary N) is 1. The lowest BCUT2D eigenvalue weighted by molar-refractivity contribution is 0.720. The van der Waals surface area contributed by atoms with E-state index < -0.39 is 0 Å². The molecule has 0 aliphatic carbocycles. The predicted octanol–water partition coefficient (Wildman–Crippen LogP) is 2.85. The van der Waals surface area contributed by atoms with E-state index in [0.29, 0.717) is 10.5 Å². The molecule has 3 rings (SSSR count). The Balaban J connectivity index is 2.08. The van der Waals surface area contributed by atoms with E-state index in [1.807, 2.05) is 42.1 Å². The van der Waals surface area contributed by atoms with Crippen LogP contribution in [0.1, 0.15) is 19.4 Å². The van der Waals surface area contributed by atoms with Crippen LogP contribution >= 0.6 is 11.8 Å². The van der Waals surface area contributed by atoms with Gasteiger partial charge >= 0.3 is 0 Å². The fourth-order valence-electron chi connectivity index (χ4n) is 2.91. The van der Waals surface area contributed by atoms with Crippen LogP contribution in [0.5, 0.6) is 0 Å². The zero-order valence-electron chi connectivity index (χ0n) is 12.3. The van der Waals surface area contributed by atoms with Crippen molar-refractivity contribution in [1.29, 1.82) is 5.41 Å². The van der Waals surface area contributed by atoms with Gasteiger partial charge < -0.3 is 10.6 Å². The molecule has 0 amide bonds. The Morgan fingerprint density at radius 3 is 2.62 bits per heavy atom. The van der Waals surface area contributed by atoms with Gasteiger partial charge in [-0.2, -0.15) is 11.8 Å². The summed E-state index contributed by atoms with van der Waals surface area (Å²) in [5.41, 5.74) is 7.44. The van der Waals surface area contributed by atoms with Gasteiger partial charge in [-0.15, -0.1) is 0 Å². The van der Waals surface area contributed by atoms with Crippen LogP contribution in [0.3, 0.4) is 0 Å². The lowest BCUT2D eigenvalue weighted by Crippen LogP contribution is -2.41. The van der Waals surface area contributed by atoms with Gasteiger partial charge in [0.25, 0.3) is 0 Å². The fraction of sp³-hybridized carbons (Fsp3) is 0.375. The summed E-state index contributed by atoms with van der Waals surface area (Å²) < 4.78 is 0. The van der Waals surface area contributed by atoms with Gasteiger partial charge in [0, 0.05) is 34.5 Å². The Morgan fingerprint density at radius 2 is 1.95 bits per heavy atom. The monoisotopic (exact) mass is 300 g/mol. The molecule has 1 aliphatic rings. The number of para-hydroxylation sites is 1. The summed E-state index contributed by atoms with van der Waals surface area (Å²) in [4.78, 5) is 7.09. The van der Waals surface area contributed by atoms with E-state index in [-0.39, 0.29) is 5.84 Å². The smallest absolute Gasteiger partial charge is 0.130 e. The first-order valence-corrected chi connectivity index (χ1v) is 8.13. The van der Waals surface area contributed by atoms with E-state index in [1.54, 1.807) is 0 Å². The highest BCUT2D eigenvalue weighted by Crippen LogP contribution is 2.29. The number of anilines is 1. The van der Waals surface area contributed by atoms with E-state index in [1.165, 1.54) is 0 Å². The van der Waals surface area contributed by atoms with Crippen molar-refractivity contribution >= 4 is 34.3 Å². The summed E-state index contributed by atoms with van der Waals surface area (Å²) >= 11 is 2.02. The van der Waals surface area contributed by atoms with Crippen molar-refractivity contribution in [3.05, 3.63) is 35.9 Å². The normalized spacial score (nSPS) is 22.5. The van der Waals surface area contributed by atoms with E-state index in [4.69, 9.17) is 16.1 Å². The van der Waals surface area contributed by atoms with Crippen LogP contribution in [0.4, 0.5) is 5.82 Å². The second kappa shape index (κ2) is 5.56. The van der Waals surface area contributed by atoms with Gasteiger partial charge in [0.05, 0.1) is 5.52 Å². The van der Waals surface area contributed by atoms with Gasteiger partial charge in [-0.3, -0.25) is 5.41 Å². The number of nitrogens with zero attached hydrogens (tertiary/aromatic N) is 2. The number of aromatic nitrogens is 1. The molecule has 21 heavy (non-hydrogen) atoms. The quantitative estimate of drug-likeness (QED) is 0.661. The molecule has 5 heteroatoms. The molecule has 0 saturated carbocycles. The van der Waals surface area contributed by atoms with Crippen molar-refractivity contribution in [3.63, 3.8) is 0 Å². The number of thioether (sulfide) groups is 1. The van der Waals surface area contributed by atoms with E-state index in [0.717, 1.165) is 35.4 Å². The Kier molecular flexibility index (Phi) is 3.76. The van der Waals surface area contributed by atoms with E-state index >= 15 is 0 Å². The zero-order valence-corrected chi connectivity index (χ0v) is 13.2. The molecule has 1 fully saturated rings. The van der Waals surface area contributed by atoms with Crippen molar-refractivity contribution in [1.82, 2.24) is 4.98 Å². The predicted molar refractivity (Wildman–Crippen MR) is 91.5 cm³/mol. The van der Waals surface area contributed by atoms with Gasteiger partial charge in [0.15, 0.2) is 0 Å². The molecular formula is C16H20N4S. The third kappa shape index (κ3) is 2.83. The molecule has 1 aliphatic heterocycles.